The van der Waals surface area contributed by atoms with Crippen molar-refractivity contribution in [2.24, 2.45) is 23.3 Å². The summed E-state index contributed by atoms with van der Waals surface area (Å²) < 4.78 is 0. The Morgan fingerprint density at radius 3 is 1.71 bits per heavy atom. The van der Waals surface area contributed by atoms with Gasteiger partial charge in [-0.25, -0.2) is 4.98 Å². The Kier molecular flexibility index (Phi) is 36.7. The van der Waals surface area contributed by atoms with Crippen LogP contribution in [0.15, 0.2) is 97.7 Å². The number of hydrogen-bond acceptors (Lipinski definition) is 21. The zero-order valence-electron chi connectivity index (χ0n) is 74.2. The number of aromatic amines is 3. The Balaban J connectivity index is 1.07. The number of nitrogens with two attached hydrogens (primary N) is 2. The molecule has 16 amide bonds. The van der Waals surface area contributed by atoms with Gasteiger partial charge in [0.1, 0.15) is 78.3 Å². The summed E-state index contributed by atoms with van der Waals surface area (Å²) in [5.41, 5.74) is 14.3. The second-order valence-corrected chi connectivity index (χ2v) is 34.8. The molecule has 14 atom stereocenters. The van der Waals surface area contributed by atoms with Crippen LogP contribution in [0.4, 0.5) is 0 Å². The largest absolute Gasteiger partial charge is 0.508 e. The Morgan fingerprint density at radius 2 is 1.10 bits per heavy atom. The van der Waals surface area contributed by atoms with Gasteiger partial charge in [-0.15, -0.1) is 11.8 Å². The summed E-state index contributed by atoms with van der Waals surface area (Å²) in [6.07, 6.45) is 6.60. The van der Waals surface area contributed by atoms with Gasteiger partial charge in [-0.1, -0.05) is 102 Å². The molecule has 3 aromatic carbocycles. The quantitative estimate of drug-likeness (QED) is 0.0424. The number of carbonyl (C=O) groups excluding carboxylic acids is 17. The highest BCUT2D eigenvalue weighted by molar-refractivity contribution is 8.00. The summed E-state index contributed by atoms with van der Waals surface area (Å²) in [5, 5.41) is 46.6. The number of likely N-dealkylation sites (N-methyl/N-ethyl adjacent to an activating group) is 3. The molecule has 3 aliphatic heterocycles. The van der Waals surface area contributed by atoms with E-state index in [1.165, 1.54) is 86.5 Å². The average molecular weight is 1810 g/mol. The normalized spacial score (nSPS) is 24.9. The number of nitrogens with one attached hydrogen (secondary N) is 12. The lowest BCUT2D eigenvalue weighted by Crippen LogP contribution is -2.60. The van der Waals surface area contributed by atoms with E-state index in [0.717, 1.165) is 21.6 Å². The highest BCUT2D eigenvalue weighted by Crippen LogP contribution is 2.30. The highest BCUT2D eigenvalue weighted by atomic mass is 32.2. The molecular weight excluding hydrogens is 1690 g/mol. The highest BCUT2D eigenvalue weighted by Gasteiger charge is 2.45. The maximum atomic E-state index is 15.6. The number of Topliss-reactive ketones (excluding diaryl/α,β-unsaturated/α-hetero) is 1. The summed E-state index contributed by atoms with van der Waals surface area (Å²) in [5.74, 6) is -17.3. The topological polar surface area (TPSA) is 567 Å². The van der Waals surface area contributed by atoms with Gasteiger partial charge in [0.15, 0.2) is 5.78 Å². The molecule has 3 fully saturated rings. The van der Waals surface area contributed by atoms with Crippen LogP contribution < -0.4 is 59.3 Å². The maximum absolute atomic E-state index is 15.6. The molecule has 40 heteroatoms. The number of ketones is 1. The molecule has 6 aromatic rings. The van der Waals surface area contributed by atoms with E-state index < -0.39 is 217 Å². The fourth-order valence-electron chi connectivity index (χ4n) is 16.4. The zero-order valence-corrected chi connectivity index (χ0v) is 75.1. The van der Waals surface area contributed by atoms with Gasteiger partial charge < -0.3 is 109 Å². The molecule has 18 N–H and O–H groups in total. The molecule has 698 valence electrons. The second-order valence-electron chi connectivity index (χ2n) is 33.7. The van der Waals surface area contributed by atoms with E-state index in [2.05, 4.69) is 67.8 Å². The van der Waals surface area contributed by atoms with E-state index >= 15 is 33.6 Å². The molecule has 0 aliphatic carbocycles. The number of benzene rings is 3. The smallest absolute Gasteiger partial charge is 0.246 e. The van der Waals surface area contributed by atoms with Crippen LogP contribution in [0.2, 0.25) is 0 Å². The van der Waals surface area contributed by atoms with E-state index in [1.54, 1.807) is 48.8 Å². The Morgan fingerprint density at radius 1 is 0.550 bits per heavy atom. The molecule has 0 saturated carbocycles. The Labute approximate surface area is 751 Å². The minimum Gasteiger partial charge on any atom is -0.508 e. The third-order valence-electron chi connectivity index (χ3n) is 23.7. The first-order valence-electron chi connectivity index (χ1n) is 43.7. The first kappa shape index (κ1) is 100. The van der Waals surface area contributed by atoms with E-state index in [4.69, 9.17) is 11.5 Å². The molecule has 6 heterocycles. The van der Waals surface area contributed by atoms with Crippen molar-refractivity contribution >= 4 is 134 Å². The van der Waals surface area contributed by atoms with Crippen LogP contribution in [0.25, 0.3) is 21.8 Å². The van der Waals surface area contributed by atoms with E-state index in [9.17, 15) is 58.2 Å². The lowest BCUT2D eigenvalue weighted by molar-refractivity contribution is -0.149. The number of fused-ring (bicyclic) bond motifs is 4. The standard InChI is InChI=1S/C89H122N20O19S/c1-10-12-24-70-83(122)97-50(5)77(116)104-68(80(119)95-44-75(91)114)46-129-47-76(115)98-64(35-52-28-30-57(111)31-29-52)85(124)105(7)51(6)78(117)100-66(40-74(90)113)88(127)109-33-19-27-71(109)84(123)99-62(39-56-43-92-48-96-56)81(120)101-63(34-49(3)4)87(126)108-32-18-26-69(108)73(112)38-53(36-54-41-93-60-22-16-14-20-58(54)60)79(118)103-67(45-110)82(121)102-65(37-55-42-94-61-23-17-15-21-59(55)61)86(125)107(9)72(25-13-11-2)89(128)106(70)8/h14-17,20-23,28-31,41-43,48-51,53,62-72,93-94,110-111H,10-13,18-19,24-27,32-40,44-47H2,1-9H3,(H2,90,113)(H2,91,114)(H,92,96)(H,95,119)(H,97,122)(H,98,115)(H,99,123)(H,100,117)(H,101,120)(H,102,121)(H,103,118)(H,104,116)/t50-,51-,53+,62-,63-,64-,65-,66-,67-,68-,69?,70-,71-,72-/m0/s1. The number of rotatable bonds is 22. The Bertz CT molecular complexity index is 5000. The van der Waals surface area contributed by atoms with Gasteiger partial charge in [0, 0.05) is 112 Å². The summed E-state index contributed by atoms with van der Waals surface area (Å²) in [6.45, 7) is 8.18. The fraction of sp³-hybridized carbons (Fsp3) is 0.528. The van der Waals surface area contributed by atoms with Gasteiger partial charge in [-0.05, 0) is 112 Å². The number of aliphatic hydroxyl groups is 1. The number of aromatic hydroxyl groups is 1. The van der Waals surface area contributed by atoms with Crippen LogP contribution >= 0.6 is 11.8 Å². The van der Waals surface area contributed by atoms with Crippen LogP contribution in [0, 0.1) is 11.8 Å². The average Bonchev–Trinajstić information content (AvgIpc) is 1.76. The summed E-state index contributed by atoms with van der Waals surface area (Å²) in [7, 11) is 3.98. The minimum atomic E-state index is -1.79. The molecule has 1 unspecified atom stereocenters. The van der Waals surface area contributed by atoms with Gasteiger partial charge in [0.2, 0.25) is 94.5 Å². The van der Waals surface area contributed by atoms with Crippen molar-refractivity contribution in [3.8, 4) is 5.75 Å². The SMILES string of the molecule is CCCC[C@H]1C(=O)N(C)[C@@H](CCCC)C(=O)N[C@@H](C)C(=O)N[C@H](C(=O)NCC(N)=O)CSCC(=O)N[C@@H](Cc2ccc(O)cc2)C(=O)N(C)[C@@H](C)C(=O)N[C@@H](CC(N)=O)C(=O)N2CCC[C@H]2C(=O)N[C@@H](Cc2c[nH]cn2)C(=O)N[C@@H](CC(C)C)C(=O)N2CCCC2C(=O)C[C@@H](Cc2c[nH]c3ccccc23)C(=O)N[C@@H](CO)C(=O)N[C@@H](Cc2c[nH]c3ccccc23)C(=O)N1C. The van der Waals surface area contributed by atoms with Crippen molar-refractivity contribution in [1.29, 1.82) is 0 Å². The number of imidazole rings is 1. The van der Waals surface area contributed by atoms with Crippen molar-refractivity contribution in [1.82, 2.24) is 92.3 Å². The summed E-state index contributed by atoms with van der Waals surface area (Å²) in [4.78, 5) is 267. The predicted octanol–water partition coefficient (Wildman–Crippen LogP) is -0.0524. The number of aromatic nitrogens is 4. The maximum Gasteiger partial charge on any atom is 0.246 e. The first-order chi connectivity index (χ1) is 61.5. The van der Waals surface area contributed by atoms with Crippen LogP contribution in [-0.2, 0) is 107 Å². The van der Waals surface area contributed by atoms with Crippen molar-refractivity contribution in [3.05, 3.63) is 120 Å². The van der Waals surface area contributed by atoms with Crippen molar-refractivity contribution in [2.75, 3.05) is 58.9 Å². The molecule has 0 spiro atoms. The van der Waals surface area contributed by atoms with Crippen molar-refractivity contribution in [2.45, 2.75) is 229 Å². The number of amides is 16. The predicted molar refractivity (Wildman–Crippen MR) is 476 cm³/mol. The number of phenolic OH excluding ortho intramolecular Hbond substituents is 1. The van der Waals surface area contributed by atoms with Crippen molar-refractivity contribution < 1.29 is 91.7 Å². The third kappa shape index (κ3) is 27.2. The number of carbonyl (C=O) groups is 17. The molecule has 3 aliphatic rings. The number of primary amides is 2. The number of unbranched alkanes of at least 4 members (excludes halogenated alkanes) is 2. The molecule has 9 rings (SSSR count). The summed E-state index contributed by atoms with van der Waals surface area (Å²) >= 11 is 0.791. The number of aliphatic hydroxyl groups excluding tert-OH is 1. The van der Waals surface area contributed by atoms with Crippen LogP contribution in [0.5, 0.6) is 5.75 Å². The second kappa shape index (κ2) is 47.3. The van der Waals surface area contributed by atoms with Crippen LogP contribution in [0.3, 0.4) is 0 Å². The molecule has 3 saturated heterocycles. The van der Waals surface area contributed by atoms with Crippen LogP contribution in [-0.4, -0.2) is 292 Å². The number of thioether (sulfide) groups is 1. The zero-order chi connectivity index (χ0) is 94.0. The third-order valence-corrected chi connectivity index (χ3v) is 24.8. The molecule has 39 nitrogen and oxygen atoms in total. The van der Waals surface area contributed by atoms with Crippen molar-refractivity contribution in [3.63, 3.8) is 0 Å². The number of phenols is 1. The van der Waals surface area contributed by atoms with Gasteiger partial charge in [0.05, 0.1) is 43.4 Å². The number of nitrogens with zero attached hydrogens (tertiary/aromatic N) is 6. The Hall–Kier alpha value is -12.8. The molecular formula is C89H122N20O19S. The molecule has 0 radical (unpaired) electrons. The number of para-hydroxylation sites is 2. The molecule has 3 aromatic heterocycles. The lowest BCUT2D eigenvalue weighted by atomic mass is 9.90. The number of H-pyrrole nitrogens is 3. The molecule has 0 bridgehead atoms. The van der Waals surface area contributed by atoms with E-state index in [-0.39, 0.29) is 94.7 Å². The van der Waals surface area contributed by atoms with Gasteiger partial charge >= 0.3 is 0 Å². The number of hydrogen-bond donors (Lipinski definition) is 16. The monoisotopic (exact) mass is 1810 g/mol. The first-order valence-corrected chi connectivity index (χ1v) is 44.9. The molecule has 129 heavy (non-hydrogen) atoms. The minimum absolute atomic E-state index is 0.0199. The van der Waals surface area contributed by atoms with Gasteiger partial charge in [-0.3, -0.25) is 81.5 Å². The lowest BCUT2D eigenvalue weighted by Gasteiger charge is -2.36. The van der Waals surface area contributed by atoms with E-state index in [1.807, 2.05) is 39.8 Å². The van der Waals surface area contributed by atoms with Gasteiger partial charge in [0.25, 0.3) is 0 Å². The fourth-order valence-corrected chi connectivity index (χ4v) is 17.3. The van der Waals surface area contributed by atoms with E-state index in [0.29, 0.717) is 76.3 Å². The van der Waals surface area contributed by atoms with Crippen LogP contribution in [0.1, 0.15) is 147 Å². The van der Waals surface area contributed by atoms with Gasteiger partial charge in [-0.2, -0.15) is 0 Å². The summed E-state index contributed by atoms with van der Waals surface area (Å²) in [6, 6.07) is 1.05.